The third-order valence-corrected chi connectivity index (χ3v) is 4.95. The normalized spacial score (nSPS) is 17.1. The minimum atomic E-state index is -0.0850. The highest BCUT2D eigenvalue weighted by molar-refractivity contribution is 6.30. The summed E-state index contributed by atoms with van der Waals surface area (Å²) < 4.78 is 5.39. The van der Waals surface area contributed by atoms with E-state index >= 15 is 0 Å². The van der Waals surface area contributed by atoms with Gasteiger partial charge in [-0.15, -0.1) is 0 Å². The van der Waals surface area contributed by atoms with Crippen molar-refractivity contribution in [2.45, 2.75) is 26.2 Å². The SMILES string of the molecule is Cc1cccc(C)c1N1CC(c2noc(-c3cccc(Cl)c3)n2)CC1=O. The fourth-order valence-corrected chi connectivity index (χ4v) is 3.66. The molecule has 0 N–H and O–H groups in total. The summed E-state index contributed by atoms with van der Waals surface area (Å²) in [4.78, 5) is 18.9. The van der Waals surface area contributed by atoms with Crippen LogP contribution >= 0.6 is 11.6 Å². The average molecular weight is 368 g/mol. The molecule has 1 atom stereocenters. The quantitative estimate of drug-likeness (QED) is 0.682. The summed E-state index contributed by atoms with van der Waals surface area (Å²) in [5.74, 6) is 0.974. The minimum absolute atomic E-state index is 0.0847. The molecule has 6 heteroatoms. The number of halogens is 1. The van der Waals surface area contributed by atoms with E-state index in [9.17, 15) is 4.79 Å². The molecule has 2 heterocycles. The van der Waals surface area contributed by atoms with Gasteiger partial charge in [0.05, 0.1) is 0 Å². The summed E-state index contributed by atoms with van der Waals surface area (Å²) in [7, 11) is 0. The first-order valence-corrected chi connectivity index (χ1v) is 8.87. The number of para-hydroxylation sites is 1. The zero-order chi connectivity index (χ0) is 18.3. The number of carbonyl (C=O) groups excluding carboxylic acids is 1. The highest BCUT2D eigenvalue weighted by atomic mass is 35.5. The van der Waals surface area contributed by atoms with Gasteiger partial charge in [-0.3, -0.25) is 4.79 Å². The van der Waals surface area contributed by atoms with E-state index < -0.39 is 0 Å². The molecule has 0 bridgehead atoms. The Morgan fingerprint density at radius 1 is 1.15 bits per heavy atom. The molecular weight excluding hydrogens is 350 g/mol. The molecule has 0 saturated carbocycles. The topological polar surface area (TPSA) is 59.2 Å². The van der Waals surface area contributed by atoms with Crippen molar-refractivity contribution in [3.63, 3.8) is 0 Å². The number of aromatic nitrogens is 2. The lowest BCUT2D eigenvalue weighted by Gasteiger charge is -2.21. The first kappa shape index (κ1) is 16.8. The smallest absolute Gasteiger partial charge is 0.257 e. The van der Waals surface area contributed by atoms with Crippen LogP contribution in [0.1, 0.15) is 29.3 Å². The number of amides is 1. The molecule has 5 nitrogen and oxygen atoms in total. The molecule has 1 saturated heterocycles. The van der Waals surface area contributed by atoms with Gasteiger partial charge in [0.2, 0.25) is 5.91 Å². The van der Waals surface area contributed by atoms with Gasteiger partial charge in [-0.25, -0.2) is 0 Å². The molecule has 132 valence electrons. The lowest BCUT2D eigenvalue weighted by molar-refractivity contribution is -0.117. The number of hydrogen-bond donors (Lipinski definition) is 0. The maximum absolute atomic E-state index is 12.6. The molecule has 0 spiro atoms. The van der Waals surface area contributed by atoms with Gasteiger partial charge in [0.25, 0.3) is 5.89 Å². The van der Waals surface area contributed by atoms with Crippen LogP contribution in [-0.4, -0.2) is 22.6 Å². The van der Waals surface area contributed by atoms with Gasteiger partial charge in [-0.1, -0.05) is 41.0 Å². The van der Waals surface area contributed by atoms with Gasteiger partial charge in [0.1, 0.15) is 0 Å². The van der Waals surface area contributed by atoms with Crippen molar-refractivity contribution >= 4 is 23.2 Å². The summed E-state index contributed by atoms with van der Waals surface area (Å²) >= 11 is 6.02. The van der Waals surface area contributed by atoms with Gasteiger partial charge in [0.15, 0.2) is 5.82 Å². The predicted molar refractivity (Wildman–Crippen MR) is 100 cm³/mol. The van der Waals surface area contributed by atoms with E-state index in [4.69, 9.17) is 16.1 Å². The summed E-state index contributed by atoms with van der Waals surface area (Å²) in [6, 6.07) is 13.3. The van der Waals surface area contributed by atoms with E-state index in [1.807, 2.05) is 49.1 Å². The number of aryl methyl sites for hydroxylation is 2. The minimum Gasteiger partial charge on any atom is -0.334 e. The predicted octanol–water partition coefficient (Wildman–Crippen LogP) is 4.53. The van der Waals surface area contributed by atoms with Crippen molar-refractivity contribution in [1.82, 2.24) is 10.1 Å². The Hall–Kier alpha value is -2.66. The van der Waals surface area contributed by atoms with E-state index in [1.165, 1.54) is 0 Å². The van der Waals surface area contributed by atoms with Crippen LogP contribution in [0.4, 0.5) is 5.69 Å². The van der Waals surface area contributed by atoms with E-state index in [0.717, 1.165) is 22.4 Å². The number of nitrogens with zero attached hydrogens (tertiary/aromatic N) is 3. The van der Waals surface area contributed by atoms with Crippen LogP contribution in [0.3, 0.4) is 0 Å². The molecule has 1 aliphatic heterocycles. The Bertz CT molecular complexity index is 962. The van der Waals surface area contributed by atoms with Crippen molar-refractivity contribution in [1.29, 1.82) is 0 Å². The van der Waals surface area contributed by atoms with Crippen molar-refractivity contribution in [2.24, 2.45) is 0 Å². The first-order valence-electron chi connectivity index (χ1n) is 8.49. The fraction of sp³-hybridized carbons (Fsp3) is 0.250. The second-order valence-electron chi connectivity index (χ2n) is 6.61. The van der Waals surface area contributed by atoms with Gasteiger partial charge in [0, 0.05) is 35.2 Å². The molecule has 4 rings (SSSR count). The molecule has 26 heavy (non-hydrogen) atoms. The van der Waals surface area contributed by atoms with Crippen molar-refractivity contribution in [3.05, 3.63) is 64.4 Å². The van der Waals surface area contributed by atoms with Crippen LogP contribution in [0, 0.1) is 13.8 Å². The summed E-state index contributed by atoms with van der Waals surface area (Å²) in [5.41, 5.74) is 3.93. The van der Waals surface area contributed by atoms with Crippen LogP contribution in [-0.2, 0) is 4.79 Å². The van der Waals surface area contributed by atoms with E-state index in [2.05, 4.69) is 10.1 Å². The van der Waals surface area contributed by atoms with E-state index in [-0.39, 0.29) is 11.8 Å². The molecule has 1 aliphatic rings. The second-order valence-corrected chi connectivity index (χ2v) is 7.05. The zero-order valence-electron chi connectivity index (χ0n) is 14.6. The van der Waals surface area contributed by atoms with Gasteiger partial charge in [-0.05, 0) is 43.2 Å². The Morgan fingerprint density at radius 3 is 2.62 bits per heavy atom. The van der Waals surface area contributed by atoms with Crippen LogP contribution < -0.4 is 4.90 Å². The molecule has 1 unspecified atom stereocenters. The van der Waals surface area contributed by atoms with Gasteiger partial charge >= 0.3 is 0 Å². The monoisotopic (exact) mass is 367 g/mol. The number of hydrogen-bond acceptors (Lipinski definition) is 4. The van der Waals surface area contributed by atoms with E-state index in [0.29, 0.717) is 29.7 Å². The molecule has 1 aromatic heterocycles. The molecular formula is C20H18ClN3O2. The van der Waals surface area contributed by atoms with Crippen LogP contribution in [0.25, 0.3) is 11.5 Å². The molecule has 0 aliphatic carbocycles. The maximum Gasteiger partial charge on any atom is 0.257 e. The average Bonchev–Trinajstić information content (AvgIpc) is 3.22. The number of anilines is 1. The third-order valence-electron chi connectivity index (χ3n) is 4.71. The fourth-order valence-electron chi connectivity index (χ4n) is 3.47. The van der Waals surface area contributed by atoms with Crippen LogP contribution in [0.2, 0.25) is 5.02 Å². The first-order chi connectivity index (χ1) is 12.5. The van der Waals surface area contributed by atoms with Crippen LogP contribution in [0.15, 0.2) is 47.0 Å². The number of carbonyl (C=O) groups is 1. The van der Waals surface area contributed by atoms with Crippen molar-refractivity contribution < 1.29 is 9.32 Å². The number of benzene rings is 2. The molecule has 2 aromatic carbocycles. The molecule has 3 aromatic rings. The van der Waals surface area contributed by atoms with Gasteiger partial charge < -0.3 is 9.42 Å². The van der Waals surface area contributed by atoms with Crippen molar-refractivity contribution in [3.8, 4) is 11.5 Å². The Kier molecular flexibility index (Phi) is 4.24. The lowest BCUT2D eigenvalue weighted by Crippen LogP contribution is -2.26. The highest BCUT2D eigenvalue weighted by Crippen LogP contribution is 2.34. The summed E-state index contributed by atoms with van der Waals surface area (Å²) in [6.45, 7) is 4.60. The zero-order valence-corrected chi connectivity index (χ0v) is 15.3. The summed E-state index contributed by atoms with van der Waals surface area (Å²) in [6.07, 6.45) is 0.377. The van der Waals surface area contributed by atoms with E-state index in [1.54, 1.807) is 12.1 Å². The lowest BCUT2D eigenvalue weighted by atomic mass is 10.1. The highest BCUT2D eigenvalue weighted by Gasteiger charge is 2.35. The molecule has 0 radical (unpaired) electrons. The number of rotatable bonds is 3. The largest absolute Gasteiger partial charge is 0.334 e. The maximum atomic E-state index is 12.6. The Balaban J connectivity index is 1.60. The third kappa shape index (κ3) is 2.99. The Morgan fingerprint density at radius 2 is 1.88 bits per heavy atom. The summed E-state index contributed by atoms with van der Waals surface area (Å²) in [5, 5.41) is 4.71. The molecule has 1 fully saturated rings. The van der Waals surface area contributed by atoms with Crippen molar-refractivity contribution in [2.75, 3.05) is 11.4 Å². The van der Waals surface area contributed by atoms with Crippen LogP contribution in [0.5, 0.6) is 0 Å². The standard InChI is InChI=1S/C20H18ClN3O2/c1-12-5-3-6-13(2)18(12)24-11-15(10-17(24)25)19-22-20(26-23-19)14-7-4-8-16(21)9-14/h3-9,15H,10-11H2,1-2H3. The van der Waals surface area contributed by atoms with Gasteiger partial charge in [-0.2, -0.15) is 4.98 Å². The Labute approximate surface area is 156 Å². The molecule has 1 amide bonds. The second kappa shape index (κ2) is 6.57.